The predicted molar refractivity (Wildman–Crippen MR) is 155 cm³/mol. The number of amides is 1. The van der Waals surface area contributed by atoms with E-state index in [2.05, 4.69) is 0 Å². The highest BCUT2D eigenvalue weighted by Crippen LogP contribution is 2.43. The van der Waals surface area contributed by atoms with Crippen LogP contribution in [-0.4, -0.2) is 44.1 Å². The zero-order valence-corrected chi connectivity index (χ0v) is 23.4. The molecular formula is C32H36N2O5. The minimum absolute atomic E-state index is 0.0401. The molecule has 7 nitrogen and oxygen atoms in total. The molecule has 1 aliphatic rings. The average molecular weight is 529 g/mol. The van der Waals surface area contributed by atoms with Gasteiger partial charge >= 0.3 is 0 Å². The van der Waals surface area contributed by atoms with Gasteiger partial charge in [0.15, 0.2) is 0 Å². The minimum atomic E-state index is -0.827. The van der Waals surface area contributed by atoms with Crippen LogP contribution >= 0.6 is 0 Å². The number of carbonyl (C=O) groups is 2. The first kappa shape index (κ1) is 27.8. The summed E-state index contributed by atoms with van der Waals surface area (Å²) in [5, 5.41) is 11.6. The van der Waals surface area contributed by atoms with Gasteiger partial charge in [0, 0.05) is 37.1 Å². The van der Waals surface area contributed by atoms with E-state index in [0.717, 1.165) is 17.0 Å². The molecule has 0 aliphatic carbocycles. The van der Waals surface area contributed by atoms with Gasteiger partial charge in [-0.05, 0) is 73.4 Å². The van der Waals surface area contributed by atoms with Gasteiger partial charge in [-0.3, -0.25) is 14.5 Å². The topological polar surface area (TPSA) is 79.3 Å². The molecule has 0 bridgehead atoms. The number of ketones is 1. The highest BCUT2D eigenvalue weighted by Gasteiger charge is 2.47. The van der Waals surface area contributed by atoms with Crippen molar-refractivity contribution in [1.29, 1.82) is 0 Å². The van der Waals surface area contributed by atoms with Gasteiger partial charge in [-0.15, -0.1) is 0 Å². The van der Waals surface area contributed by atoms with Crippen molar-refractivity contribution in [3.05, 3.63) is 89.0 Å². The fraction of sp³-hybridized carbons (Fsp3) is 0.312. The number of Topliss-reactive ketones (excluding diaryl/α,β-unsaturated/α-hetero) is 1. The summed E-state index contributed by atoms with van der Waals surface area (Å²) in [6, 6.07) is 19.3. The van der Waals surface area contributed by atoms with Crippen LogP contribution in [0.3, 0.4) is 0 Å². The third-order valence-electron chi connectivity index (χ3n) is 6.78. The predicted octanol–water partition coefficient (Wildman–Crippen LogP) is 6.30. The van der Waals surface area contributed by atoms with Crippen molar-refractivity contribution < 1.29 is 24.2 Å². The van der Waals surface area contributed by atoms with Crippen LogP contribution < -0.4 is 19.3 Å². The lowest BCUT2D eigenvalue weighted by Crippen LogP contribution is -2.29. The molecule has 0 aromatic heterocycles. The Labute approximate surface area is 230 Å². The Morgan fingerprint density at radius 3 is 2.26 bits per heavy atom. The minimum Gasteiger partial charge on any atom is -0.507 e. The summed E-state index contributed by atoms with van der Waals surface area (Å²) in [4.78, 5) is 30.6. The molecule has 1 atom stereocenters. The maximum absolute atomic E-state index is 13.6. The Hall–Kier alpha value is -4.26. The van der Waals surface area contributed by atoms with Gasteiger partial charge in [0.25, 0.3) is 11.7 Å². The molecule has 39 heavy (non-hydrogen) atoms. The van der Waals surface area contributed by atoms with Crippen molar-refractivity contribution in [2.24, 2.45) is 0 Å². The van der Waals surface area contributed by atoms with E-state index < -0.39 is 17.7 Å². The quantitative estimate of drug-likeness (QED) is 0.200. The molecule has 1 aliphatic heterocycles. The van der Waals surface area contributed by atoms with E-state index in [9.17, 15) is 14.7 Å². The van der Waals surface area contributed by atoms with Gasteiger partial charge in [0.1, 0.15) is 17.3 Å². The second-order valence-corrected chi connectivity index (χ2v) is 9.93. The van der Waals surface area contributed by atoms with E-state index in [-0.39, 0.29) is 17.3 Å². The van der Waals surface area contributed by atoms with Gasteiger partial charge in [0.2, 0.25) is 0 Å². The summed E-state index contributed by atoms with van der Waals surface area (Å²) in [6.45, 7) is 8.86. The second-order valence-electron chi connectivity index (χ2n) is 9.93. The van der Waals surface area contributed by atoms with Crippen molar-refractivity contribution in [1.82, 2.24) is 0 Å². The first-order chi connectivity index (χ1) is 18.7. The molecular weight excluding hydrogens is 492 g/mol. The molecule has 1 saturated heterocycles. The zero-order chi connectivity index (χ0) is 28.3. The molecule has 1 fully saturated rings. The molecule has 3 aromatic rings. The van der Waals surface area contributed by atoms with Crippen LogP contribution in [0.1, 0.15) is 56.3 Å². The monoisotopic (exact) mass is 528 g/mol. The lowest BCUT2D eigenvalue weighted by atomic mass is 9.93. The molecule has 7 heteroatoms. The van der Waals surface area contributed by atoms with Crippen LogP contribution in [0.15, 0.2) is 72.3 Å². The lowest BCUT2D eigenvalue weighted by molar-refractivity contribution is -0.132. The molecule has 1 heterocycles. The number of hydrogen-bond donors (Lipinski definition) is 1. The zero-order valence-electron chi connectivity index (χ0n) is 23.4. The fourth-order valence-corrected chi connectivity index (χ4v) is 4.85. The highest BCUT2D eigenvalue weighted by atomic mass is 16.5. The SMILES string of the molecule is CCOc1cccc(N2C(=O)C(=O)/C(=C(\O)c3ccc(OCC)c(C(C)C)c3)C2c2ccc(N(C)C)cc2)c1. The fourth-order valence-electron chi connectivity index (χ4n) is 4.85. The molecule has 0 saturated carbocycles. The van der Waals surface area contributed by atoms with E-state index in [1.807, 2.05) is 77.0 Å². The maximum atomic E-state index is 13.6. The number of ether oxygens (including phenoxy) is 2. The van der Waals surface area contributed by atoms with Crippen molar-refractivity contribution in [2.45, 2.75) is 39.7 Å². The van der Waals surface area contributed by atoms with E-state index in [4.69, 9.17) is 9.47 Å². The second kappa shape index (κ2) is 11.6. The summed E-state index contributed by atoms with van der Waals surface area (Å²) < 4.78 is 11.4. The summed E-state index contributed by atoms with van der Waals surface area (Å²) in [7, 11) is 3.89. The summed E-state index contributed by atoms with van der Waals surface area (Å²) in [5.74, 6) is -0.224. The summed E-state index contributed by atoms with van der Waals surface area (Å²) in [5.41, 5.74) is 3.60. The molecule has 1 N–H and O–H groups in total. The summed E-state index contributed by atoms with van der Waals surface area (Å²) >= 11 is 0. The molecule has 4 rings (SSSR count). The number of benzene rings is 3. The highest BCUT2D eigenvalue weighted by molar-refractivity contribution is 6.51. The third-order valence-corrected chi connectivity index (χ3v) is 6.78. The first-order valence-corrected chi connectivity index (χ1v) is 13.3. The number of aliphatic hydroxyl groups is 1. The van der Waals surface area contributed by atoms with Crippen LogP contribution in [0.2, 0.25) is 0 Å². The number of aliphatic hydroxyl groups excluding tert-OH is 1. The molecule has 3 aromatic carbocycles. The van der Waals surface area contributed by atoms with Gasteiger partial charge in [-0.1, -0.05) is 32.0 Å². The Bertz CT molecular complexity index is 1390. The normalized spacial score (nSPS) is 16.6. The van der Waals surface area contributed by atoms with Gasteiger partial charge in [-0.2, -0.15) is 0 Å². The van der Waals surface area contributed by atoms with E-state index in [0.29, 0.717) is 35.8 Å². The smallest absolute Gasteiger partial charge is 0.300 e. The first-order valence-electron chi connectivity index (χ1n) is 13.3. The van der Waals surface area contributed by atoms with E-state index >= 15 is 0 Å². The van der Waals surface area contributed by atoms with Crippen LogP contribution in [0.25, 0.3) is 5.76 Å². The van der Waals surface area contributed by atoms with Gasteiger partial charge in [0.05, 0.1) is 24.8 Å². The largest absolute Gasteiger partial charge is 0.507 e. The number of hydrogen-bond acceptors (Lipinski definition) is 6. The molecule has 0 radical (unpaired) electrons. The van der Waals surface area contributed by atoms with Gasteiger partial charge in [-0.25, -0.2) is 0 Å². The van der Waals surface area contributed by atoms with E-state index in [1.54, 1.807) is 36.4 Å². The Morgan fingerprint density at radius 1 is 0.949 bits per heavy atom. The summed E-state index contributed by atoms with van der Waals surface area (Å²) in [6.07, 6.45) is 0. The number of carbonyl (C=O) groups excluding carboxylic acids is 2. The molecule has 0 spiro atoms. The number of nitrogens with zero attached hydrogens (tertiary/aromatic N) is 2. The van der Waals surface area contributed by atoms with Crippen molar-refractivity contribution in [3.63, 3.8) is 0 Å². The molecule has 1 amide bonds. The standard InChI is InChI=1S/C32H36N2O5/c1-7-38-25-11-9-10-24(19-25)34-29(21-12-15-23(16-13-21)33(5)6)28(31(36)32(34)37)30(35)22-14-17-27(39-8-2)26(18-22)20(3)4/h9-20,29,35H,7-8H2,1-6H3/b30-28-. The molecule has 204 valence electrons. The van der Waals surface area contributed by atoms with Crippen molar-refractivity contribution in [3.8, 4) is 11.5 Å². The number of anilines is 2. The van der Waals surface area contributed by atoms with Gasteiger partial charge < -0.3 is 19.5 Å². The maximum Gasteiger partial charge on any atom is 0.300 e. The van der Waals surface area contributed by atoms with Crippen LogP contribution in [-0.2, 0) is 9.59 Å². The Morgan fingerprint density at radius 2 is 1.64 bits per heavy atom. The van der Waals surface area contributed by atoms with Crippen LogP contribution in [0, 0.1) is 0 Å². The van der Waals surface area contributed by atoms with Crippen LogP contribution in [0.4, 0.5) is 11.4 Å². The van der Waals surface area contributed by atoms with Crippen molar-refractivity contribution in [2.75, 3.05) is 37.1 Å². The Balaban J connectivity index is 1.92. The average Bonchev–Trinajstić information content (AvgIpc) is 3.19. The lowest BCUT2D eigenvalue weighted by Gasteiger charge is -2.26. The van der Waals surface area contributed by atoms with Crippen molar-refractivity contribution >= 4 is 28.8 Å². The number of rotatable bonds is 9. The van der Waals surface area contributed by atoms with E-state index in [1.165, 1.54) is 4.90 Å². The molecule has 1 unspecified atom stereocenters. The third kappa shape index (κ3) is 5.48. The Kier molecular flexibility index (Phi) is 8.29. The van der Waals surface area contributed by atoms with Crippen LogP contribution in [0.5, 0.6) is 11.5 Å².